The first-order valence-corrected chi connectivity index (χ1v) is 7.96. The van der Waals surface area contributed by atoms with Crippen LogP contribution < -0.4 is 4.72 Å². The number of rotatable bonds is 6. The molecule has 9 heteroatoms. The summed E-state index contributed by atoms with van der Waals surface area (Å²) in [6, 6.07) is 1.02. The summed E-state index contributed by atoms with van der Waals surface area (Å²) in [5.74, 6) is -1.79. The molecule has 0 spiro atoms. The van der Waals surface area contributed by atoms with Crippen LogP contribution >= 0.6 is 0 Å². The second-order valence-electron chi connectivity index (χ2n) is 5.34. The molecule has 0 radical (unpaired) electrons. The monoisotopic (exact) mass is 330 g/mol. The highest BCUT2D eigenvalue weighted by atomic mass is 32.2. The van der Waals surface area contributed by atoms with E-state index in [1.54, 1.807) is 13.8 Å². The van der Waals surface area contributed by atoms with E-state index >= 15 is 0 Å². The Labute approximate surface area is 128 Å². The highest BCUT2D eigenvalue weighted by Crippen LogP contribution is 2.26. The lowest BCUT2D eigenvalue weighted by molar-refractivity contribution is -0.385. The molecule has 122 valence electrons. The number of aliphatic carboxylic acids is 1. The van der Waals surface area contributed by atoms with Crippen molar-refractivity contribution in [2.45, 2.75) is 38.6 Å². The van der Waals surface area contributed by atoms with E-state index in [2.05, 4.69) is 4.72 Å². The van der Waals surface area contributed by atoms with Crippen molar-refractivity contribution in [3.63, 3.8) is 0 Å². The SMILES string of the molecule is Cc1cc(C)c(S(=O)(=O)N[C@@H](C(=O)O)C(C)C)cc1[N+](=O)[O-]. The smallest absolute Gasteiger partial charge is 0.322 e. The normalized spacial score (nSPS) is 13.1. The molecule has 2 N–H and O–H groups in total. The fourth-order valence-corrected chi connectivity index (χ4v) is 3.59. The number of hydrogen-bond acceptors (Lipinski definition) is 5. The maximum Gasteiger partial charge on any atom is 0.322 e. The number of carbonyl (C=O) groups is 1. The van der Waals surface area contributed by atoms with Crippen molar-refractivity contribution in [1.29, 1.82) is 0 Å². The zero-order chi connectivity index (χ0) is 17.2. The molecule has 0 aliphatic heterocycles. The van der Waals surface area contributed by atoms with Gasteiger partial charge in [0.05, 0.1) is 9.82 Å². The minimum Gasteiger partial charge on any atom is -0.480 e. The summed E-state index contributed by atoms with van der Waals surface area (Å²) < 4.78 is 26.8. The third-order valence-electron chi connectivity index (χ3n) is 3.19. The molecule has 1 aromatic carbocycles. The maximum absolute atomic E-state index is 12.4. The number of hydrogen-bond donors (Lipinski definition) is 2. The summed E-state index contributed by atoms with van der Waals surface area (Å²) >= 11 is 0. The standard InChI is InChI=1S/C13H18N2O6S/c1-7(2)12(13(16)17)14-22(20,21)11-6-10(15(18)19)8(3)5-9(11)4/h5-7,12,14H,1-4H3,(H,16,17)/t12-/m1/s1. The molecule has 0 saturated carbocycles. The lowest BCUT2D eigenvalue weighted by Gasteiger charge is -2.18. The van der Waals surface area contributed by atoms with Gasteiger partial charge in [-0.25, -0.2) is 8.42 Å². The van der Waals surface area contributed by atoms with Gasteiger partial charge in [-0.15, -0.1) is 0 Å². The number of nitro groups is 1. The van der Waals surface area contributed by atoms with Crippen LogP contribution in [-0.2, 0) is 14.8 Å². The van der Waals surface area contributed by atoms with Crippen LogP contribution in [0.3, 0.4) is 0 Å². The van der Waals surface area contributed by atoms with Gasteiger partial charge in [0.1, 0.15) is 6.04 Å². The predicted molar refractivity (Wildman–Crippen MR) is 79.2 cm³/mol. The molecule has 22 heavy (non-hydrogen) atoms. The van der Waals surface area contributed by atoms with Gasteiger partial charge in [0.2, 0.25) is 10.0 Å². The lowest BCUT2D eigenvalue weighted by atomic mass is 10.1. The van der Waals surface area contributed by atoms with Crippen molar-refractivity contribution in [1.82, 2.24) is 4.72 Å². The summed E-state index contributed by atoms with van der Waals surface area (Å²) in [6.07, 6.45) is 0. The van der Waals surface area contributed by atoms with E-state index in [9.17, 15) is 23.3 Å². The number of aryl methyl sites for hydroxylation is 2. The second kappa shape index (κ2) is 6.41. The van der Waals surface area contributed by atoms with Crippen molar-refractivity contribution in [3.8, 4) is 0 Å². The fraction of sp³-hybridized carbons (Fsp3) is 0.462. The van der Waals surface area contributed by atoms with Gasteiger partial charge in [-0.2, -0.15) is 4.72 Å². The van der Waals surface area contributed by atoms with Crippen LogP contribution in [0, 0.1) is 29.9 Å². The summed E-state index contributed by atoms with van der Waals surface area (Å²) in [7, 11) is -4.19. The minimum absolute atomic E-state index is 0.295. The Balaban J connectivity index is 3.37. The number of nitrogens with one attached hydrogen (secondary N) is 1. The van der Waals surface area contributed by atoms with Crippen LogP contribution in [0.2, 0.25) is 0 Å². The Morgan fingerprint density at radius 2 is 1.82 bits per heavy atom. The minimum atomic E-state index is -4.19. The number of nitrogens with zero attached hydrogens (tertiary/aromatic N) is 1. The molecule has 1 atom stereocenters. The first-order chi connectivity index (χ1) is 9.97. The zero-order valence-corrected chi connectivity index (χ0v) is 13.5. The summed E-state index contributed by atoms with van der Waals surface area (Å²) in [4.78, 5) is 21.1. The van der Waals surface area contributed by atoms with Gasteiger partial charge >= 0.3 is 5.97 Å². The molecular weight excluding hydrogens is 312 g/mol. The van der Waals surface area contributed by atoms with Crippen molar-refractivity contribution >= 4 is 21.7 Å². The Hall–Kier alpha value is -2.00. The molecule has 1 aromatic rings. The van der Waals surface area contributed by atoms with Gasteiger partial charge in [0, 0.05) is 11.6 Å². The maximum atomic E-state index is 12.4. The number of carboxylic acids is 1. The molecular formula is C13H18N2O6S. The number of sulfonamides is 1. The molecule has 1 rings (SSSR count). The molecule has 0 aliphatic carbocycles. The third kappa shape index (κ3) is 3.80. The third-order valence-corrected chi connectivity index (χ3v) is 4.78. The van der Waals surface area contributed by atoms with Gasteiger partial charge in [-0.3, -0.25) is 14.9 Å². The quantitative estimate of drug-likeness (QED) is 0.602. The van der Waals surface area contributed by atoms with Crippen LogP contribution in [0.5, 0.6) is 0 Å². The first-order valence-electron chi connectivity index (χ1n) is 6.48. The fourth-order valence-electron chi connectivity index (χ4n) is 2.01. The molecule has 0 heterocycles. The van der Waals surface area contributed by atoms with Gasteiger partial charge < -0.3 is 5.11 Å². The Bertz CT molecular complexity index is 711. The molecule has 0 aliphatic rings. The first kappa shape index (κ1) is 18.1. The summed E-state index contributed by atoms with van der Waals surface area (Å²) in [6.45, 7) is 6.12. The van der Waals surface area contributed by atoms with E-state index < -0.39 is 32.9 Å². The average molecular weight is 330 g/mol. The van der Waals surface area contributed by atoms with E-state index in [1.165, 1.54) is 19.9 Å². The van der Waals surface area contributed by atoms with Crippen molar-refractivity contribution in [2.75, 3.05) is 0 Å². The molecule has 0 amide bonds. The van der Waals surface area contributed by atoms with Crippen LogP contribution in [0.15, 0.2) is 17.0 Å². The van der Waals surface area contributed by atoms with Gasteiger partial charge in [0.25, 0.3) is 5.69 Å². The van der Waals surface area contributed by atoms with E-state index in [0.717, 1.165) is 6.07 Å². The Kier molecular flexibility index (Phi) is 5.26. The van der Waals surface area contributed by atoms with Crippen LogP contribution in [0.25, 0.3) is 0 Å². The van der Waals surface area contributed by atoms with Crippen LogP contribution in [0.1, 0.15) is 25.0 Å². The lowest BCUT2D eigenvalue weighted by Crippen LogP contribution is -2.44. The molecule has 0 unspecified atom stereocenters. The highest BCUT2D eigenvalue weighted by Gasteiger charge is 2.30. The van der Waals surface area contributed by atoms with E-state index in [-0.39, 0.29) is 10.6 Å². The van der Waals surface area contributed by atoms with Crippen molar-refractivity contribution < 1.29 is 23.2 Å². The molecule has 0 saturated heterocycles. The molecule has 8 nitrogen and oxygen atoms in total. The number of carboxylic acid groups (broad SMARTS) is 1. The van der Waals surface area contributed by atoms with Crippen molar-refractivity contribution in [3.05, 3.63) is 33.4 Å². The molecule has 0 aromatic heterocycles. The van der Waals surface area contributed by atoms with Gasteiger partial charge in [0.15, 0.2) is 0 Å². The number of nitro benzene ring substituents is 1. The van der Waals surface area contributed by atoms with E-state index in [4.69, 9.17) is 5.11 Å². The van der Waals surface area contributed by atoms with Crippen LogP contribution in [-0.4, -0.2) is 30.5 Å². The Morgan fingerprint density at radius 1 is 1.27 bits per heavy atom. The van der Waals surface area contributed by atoms with Crippen LogP contribution in [0.4, 0.5) is 5.69 Å². The molecule has 0 bridgehead atoms. The largest absolute Gasteiger partial charge is 0.480 e. The second-order valence-corrected chi connectivity index (χ2v) is 7.02. The zero-order valence-electron chi connectivity index (χ0n) is 12.7. The molecule has 0 fully saturated rings. The number of benzene rings is 1. The van der Waals surface area contributed by atoms with E-state index in [0.29, 0.717) is 11.1 Å². The highest BCUT2D eigenvalue weighted by molar-refractivity contribution is 7.89. The Morgan fingerprint density at radius 3 is 2.23 bits per heavy atom. The topological polar surface area (TPSA) is 127 Å². The van der Waals surface area contributed by atoms with E-state index in [1.807, 2.05) is 0 Å². The predicted octanol–water partition coefficient (Wildman–Crippen LogP) is 1.60. The van der Waals surface area contributed by atoms with Gasteiger partial charge in [-0.1, -0.05) is 13.8 Å². The summed E-state index contributed by atoms with van der Waals surface area (Å²) in [5.41, 5.74) is 0.311. The van der Waals surface area contributed by atoms with Gasteiger partial charge in [-0.05, 0) is 31.4 Å². The van der Waals surface area contributed by atoms with Crippen molar-refractivity contribution in [2.24, 2.45) is 5.92 Å². The summed E-state index contributed by atoms with van der Waals surface area (Å²) in [5, 5.41) is 20.0. The average Bonchev–Trinajstić information content (AvgIpc) is 2.34.